The first-order valence-corrected chi connectivity index (χ1v) is 13.6. The molecule has 1 saturated heterocycles. The first-order chi connectivity index (χ1) is 18.4. The standard InChI is InChI=1S/C30H34N4O4/c1-17(2)14-24(28(35)31-16-18-8-7-13-38-18)33-29(36)25-15-22-19-9-5-6-12-23(19)32-26(22)27-20-10-3-4-11-21(20)30(37)34(25)27/h3-6,9-12,17-18,24-25,27,32H,7-8,13-16H2,1-2H3,(H,31,35)(H,33,36)/t18-,24-,25-,27+/m0/s1. The van der Waals surface area contributed by atoms with Gasteiger partial charge >= 0.3 is 0 Å². The van der Waals surface area contributed by atoms with Gasteiger partial charge in [0.1, 0.15) is 12.1 Å². The molecule has 0 unspecified atom stereocenters. The maximum atomic E-state index is 13.9. The van der Waals surface area contributed by atoms with Crippen molar-refractivity contribution in [2.24, 2.45) is 5.92 Å². The Morgan fingerprint density at radius 3 is 2.71 bits per heavy atom. The van der Waals surface area contributed by atoms with Crippen LogP contribution in [-0.4, -0.2) is 58.9 Å². The molecule has 6 rings (SSSR count). The van der Waals surface area contributed by atoms with Crippen LogP contribution in [-0.2, 0) is 20.7 Å². The Labute approximate surface area is 222 Å². The van der Waals surface area contributed by atoms with Gasteiger partial charge < -0.3 is 25.3 Å². The van der Waals surface area contributed by atoms with Crippen LogP contribution in [0.2, 0.25) is 0 Å². The summed E-state index contributed by atoms with van der Waals surface area (Å²) in [6.07, 6.45) is 2.83. The molecule has 38 heavy (non-hydrogen) atoms. The van der Waals surface area contributed by atoms with E-state index in [4.69, 9.17) is 4.74 Å². The Hall–Kier alpha value is -3.65. The number of carbonyl (C=O) groups excluding carboxylic acids is 3. The molecule has 0 aliphatic carbocycles. The van der Waals surface area contributed by atoms with Crippen LogP contribution in [0, 0.1) is 5.92 Å². The predicted molar refractivity (Wildman–Crippen MR) is 144 cm³/mol. The molecule has 0 saturated carbocycles. The molecule has 3 aliphatic heterocycles. The highest BCUT2D eigenvalue weighted by molar-refractivity contribution is 6.04. The van der Waals surface area contributed by atoms with Crippen LogP contribution in [0.1, 0.15) is 66.3 Å². The third kappa shape index (κ3) is 4.26. The van der Waals surface area contributed by atoms with E-state index in [1.807, 2.05) is 56.3 Å². The minimum absolute atomic E-state index is 0.0227. The van der Waals surface area contributed by atoms with Gasteiger partial charge in [-0.25, -0.2) is 0 Å². The SMILES string of the molecule is CC(C)C[C@H](NC(=O)[C@@H]1Cc2c([nH]c3ccccc23)[C@H]2c3ccccc3C(=O)N21)C(=O)NC[C@@H]1CCCO1. The third-order valence-electron chi connectivity index (χ3n) is 8.02. The topological polar surface area (TPSA) is 104 Å². The zero-order valence-corrected chi connectivity index (χ0v) is 21.8. The first kappa shape index (κ1) is 24.7. The minimum Gasteiger partial charge on any atom is -0.376 e. The van der Waals surface area contributed by atoms with E-state index < -0.39 is 12.1 Å². The Balaban J connectivity index is 1.31. The highest BCUT2D eigenvalue weighted by atomic mass is 16.5. The van der Waals surface area contributed by atoms with Crippen molar-refractivity contribution in [3.8, 4) is 0 Å². The molecular formula is C30H34N4O4. The van der Waals surface area contributed by atoms with Crippen LogP contribution < -0.4 is 10.6 Å². The highest BCUT2D eigenvalue weighted by Gasteiger charge is 2.49. The van der Waals surface area contributed by atoms with Crippen molar-refractivity contribution in [1.82, 2.24) is 20.5 Å². The molecule has 1 fully saturated rings. The number of nitrogens with one attached hydrogen (secondary N) is 3. The highest BCUT2D eigenvalue weighted by Crippen LogP contribution is 2.46. The molecule has 0 radical (unpaired) electrons. The van der Waals surface area contributed by atoms with Crippen molar-refractivity contribution in [3.63, 3.8) is 0 Å². The van der Waals surface area contributed by atoms with Crippen molar-refractivity contribution in [3.05, 3.63) is 70.9 Å². The Bertz CT molecular complexity index is 1390. The number of hydrogen-bond donors (Lipinski definition) is 3. The molecule has 4 heterocycles. The smallest absolute Gasteiger partial charge is 0.255 e. The number of para-hydroxylation sites is 1. The average molecular weight is 515 g/mol. The van der Waals surface area contributed by atoms with E-state index in [-0.39, 0.29) is 35.8 Å². The molecule has 0 bridgehead atoms. The van der Waals surface area contributed by atoms with E-state index in [9.17, 15) is 14.4 Å². The monoisotopic (exact) mass is 514 g/mol. The van der Waals surface area contributed by atoms with E-state index in [2.05, 4.69) is 21.7 Å². The second-order valence-corrected chi connectivity index (χ2v) is 11.1. The van der Waals surface area contributed by atoms with E-state index in [0.29, 0.717) is 24.9 Å². The minimum atomic E-state index is -0.729. The number of H-pyrrole nitrogens is 1. The summed E-state index contributed by atoms with van der Waals surface area (Å²) in [5.74, 6) is -0.465. The first-order valence-electron chi connectivity index (χ1n) is 13.6. The number of fused-ring (bicyclic) bond motifs is 7. The third-order valence-corrected chi connectivity index (χ3v) is 8.02. The fraction of sp³-hybridized carbons (Fsp3) is 0.433. The van der Waals surface area contributed by atoms with Gasteiger partial charge in [0.25, 0.3) is 5.91 Å². The lowest BCUT2D eigenvalue weighted by Gasteiger charge is -2.38. The van der Waals surface area contributed by atoms with Gasteiger partial charge in [-0.2, -0.15) is 0 Å². The van der Waals surface area contributed by atoms with Crippen LogP contribution in [0.25, 0.3) is 10.9 Å². The van der Waals surface area contributed by atoms with Gasteiger partial charge in [0.2, 0.25) is 11.8 Å². The molecule has 4 atom stereocenters. The van der Waals surface area contributed by atoms with Crippen molar-refractivity contribution >= 4 is 28.6 Å². The number of rotatable bonds is 7. The maximum Gasteiger partial charge on any atom is 0.255 e. The number of carbonyl (C=O) groups is 3. The Morgan fingerprint density at radius 1 is 1.13 bits per heavy atom. The Morgan fingerprint density at radius 2 is 1.92 bits per heavy atom. The van der Waals surface area contributed by atoms with Crippen LogP contribution in [0.5, 0.6) is 0 Å². The summed E-state index contributed by atoms with van der Waals surface area (Å²) in [7, 11) is 0. The summed E-state index contributed by atoms with van der Waals surface area (Å²) < 4.78 is 5.64. The van der Waals surface area contributed by atoms with E-state index >= 15 is 0 Å². The zero-order valence-electron chi connectivity index (χ0n) is 21.8. The molecule has 1 aromatic heterocycles. The predicted octanol–water partition coefficient (Wildman–Crippen LogP) is 3.46. The maximum absolute atomic E-state index is 13.9. The van der Waals surface area contributed by atoms with Crippen LogP contribution in [0.15, 0.2) is 48.5 Å². The van der Waals surface area contributed by atoms with Gasteiger partial charge in [0, 0.05) is 41.7 Å². The normalized spacial score (nSPS) is 22.8. The number of amides is 3. The van der Waals surface area contributed by atoms with Crippen molar-refractivity contribution in [2.45, 2.75) is 63.8 Å². The number of aromatic amines is 1. The summed E-state index contributed by atoms with van der Waals surface area (Å²) in [5, 5.41) is 7.07. The molecule has 3 aliphatic rings. The van der Waals surface area contributed by atoms with Crippen LogP contribution >= 0.6 is 0 Å². The summed E-state index contributed by atoms with van der Waals surface area (Å²) in [4.78, 5) is 46.0. The molecule has 0 spiro atoms. The summed E-state index contributed by atoms with van der Waals surface area (Å²) in [6.45, 7) is 5.22. The molecule has 3 N–H and O–H groups in total. The van der Waals surface area contributed by atoms with Crippen LogP contribution in [0.3, 0.4) is 0 Å². The summed E-state index contributed by atoms with van der Waals surface area (Å²) >= 11 is 0. The molecule has 8 heteroatoms. The van der Waals surface area contributed by atoms with Gasteiger partial charge in [-0.05, 0) is 48.4 Å². The lowest BCUT2D eigenvalue weighted by molar-refractivity contribution is -0.132. The number of benzene rings is 2. The lowest BCUT2D eigenvalue weighted by atomic mass is 9.89. The van der Waals surface area contributed by atoms with Gasteiger partial charge in [-0.1, -0.05) is 50.2 Å². The Kier molecular flexibility index (Phi) is 6.43. The molecule has 198 valence electrons. The number of aromatic nitrogens is 1. The fourth-order valence-electron chi connectivity index (χ4n) is 6.25. The summed E-state index contributed by atoms with van der Waals surface area (Å²) in [5.41, 5.74) is 4.52. The molecule has 3 aromatic rings. The van der Waals surface area contributed by atoms with Gasteiger partial charge in [0.15, 0.2) is 0 Å². The van der Waals surface area contributed by atoms with Gasteiger partial charge in [-0.15, -0.1) is 0 Å². The van der Waals surface area contributed by atoms with E-state index in [0.717, 1.165) is 47.2 Å². The molecular weight excluding hydrogens is 480 g/mol. The van der Waals surface area contributed by atoms with Crippen molar-refractivity contribution < 1.29 is 19.1 Å². The van der Waals surface area contributed by atoms with Crippen molar-refractivity contribution in [2.75, 3.05) is 13.2 Å². The molecule has 3 amide bonds. The van der Waals surface area contributed by atoms with E-state index in [1.165, 1.54) is 0 Å². The van der Waals surface area contributed by atoms with Crippen molar-refractivity contribution in [1.29, 1.82) is 0 Å². The second kappa shape index (κ2) is 9.91. The average Bonchev–Trinajstić information content (AvgIpc) is 3.63. The lowest BCUT2D eigenvalue weighted by Crippen LogP contribution is -2.57. The van der Waals surface area contributed by atoms with Crippen LogP contribution in [0.4, 0.5) is 0 Å². The largest absolute Gasteiger partial charge is 0.376 e. The van der Waals surface area contributed by atoms with Gasteiger partial charge in [0.05, 0.1) is 12.1 Å². The fourth-order valence-corrected chi connectivity index (χ4v) is 6.25. The summed E-state index contributed by atoms with van der Waals surface area (Å²) in [6, 6.07) is 13.8. The van der Waals surface area contributed by atoms with Gasteiger partial charge in [-0.3, -0.25) is 14.4 Å². The quantitative estimate of drug-likeness (QED) is 0.449. The number of hydrogen-bond acceptors (Lipinski definition) is 4. The molecule has 8 nitrogen and oxygen atoms in total. The number of ether oxygens (including phenoxy) is 1. The zero-order chi connectivity index (χ0) is 26.4. The van der Waals surface area contributed by atoms with E-state index in [1.54, 1.807) is 4.90 Å². The number of nitrogens with zero attached hydrogens (tertiary/aromatic N) is 1. The second-order valence-electron chi connectivity index (χ2n) is 11.1. The molecule has 2 aromatic carbocycles.